The summed E-state index contributed by atoms with van der Waals surface area (Å²) < 4.78 is 16.4. The van der Waals surface area contributed by atoms with E-state index in [1.165, 1.54) is 0 Å². The number of benzene rings is 2. The fourth-order valence-electron chi connectivity index (χ4n) is 1.67. The molecule has 0 aliphatic rings. The minimum Gasteiger partial charge on any atom is -0.493 e. The molecule has 0 aliphatic heterocycles. The van der Waals surface area contributed by atoms with Gasteiger partial charge in [-0.1, -0.05) is 30.3 Å². The largest absolute Gasteiger partial charge is 0.493 e. The molecule has 20 heavy (non-hydrogen) atoms. The Morgan fingerprint density at radius 1 is 1.10 bits per heavy atom. The van der Waals surface area contributed by atoms with Crippen LogP contribution in [0.15, 0.2) is 46.9 Å². The molecule has 0 amide bonds. The van der Waals surface area contributed by atoms with Crippen molar-refractivity contribution in [2.24, 2.45) is 0 Å². The standard InChI is InChI=1S/C15H13BrO4/c1-18-14-7-12(16)13(20-10-17)8-15(14)19-9-11-5-3-2-4-6-11/h2-8,10H,9H2,1H3. The van der Waals surface area contributed by atoms with Crippen LogP contribution in [-0.4, -0.2) is 13.6 Å². The molecule has 0 spiro atoms. The van der Waals surface area contributed by atoms with E-state index in [9.17, 15) is 4.79 Å². The van der Waals surface area contributed by atoms with Crippen molar-refractivity contribution in [3.8, 4) is 17.2 Å². The van der Waals surface area contributed by atoms with Crippen molar-refractivity contribution < 1.29 is 19.0 Å². The van der Waals surface area contributed by atoms with Crippen LogP contribution in [0.4, 0.5) is 0 Å². The van der Waals surface area contributed by atoms with Crippen LogP contribution in [0.2, 0.25) is 0 Å². The molecule has 0 aromatic heterocycles. The molecule has 0 aliphatic carbocycles. The first-order valence-electron chi connectivity index (χ1n) is 5.89. The average Bonchev–Trinajstić information content (AvgIpc) is 2.48. The number of rotatable bonds is 6. The van der Waals surface area contributed by atoms with Crippen LogP contribution in [0.5, 0.6) is 17.2 Å². The summed E-state index contributed by atoms with van der Waals surface area (Å²) in [5, 5.41) is 0. The number of methoxy groups -OCH3 is 1. The van der Waals surface area contributed by atoms with Crippen molar-refractivity contribution >= 4 is 22.4 Å². The molecule has 0 unspecified atom stereocenters. The predicted molar refractivity (Wildman–Crippen MR) is 78.2 cm³/mol. The molecule has 5 heteroatoms. The first-order valence-corrected chi connectivity index (χ1v) is 6.68. The Kier molecular flexibility index (Phi) is 5.01. The topological polar surface area (TPSA) is 44.8 Å². The summed E-state index contributed by atoms with van der Waals surface area (Å²) in [6, 6.07) is 13.1. The van der Waals surface area contributed by atoms with Gasteiger partial charge in [0.25, 0.3) is 6.47 Å². The highest BCUT2D eigenvalue weighted by molar-refractivity contribution is 9.10. The maximum absolute atomic E-state index is 10.5. The Labute approximate surface area is 125 Å². The first kappa shape index (κ1) is 14.4. The van der Waals surface area contributed by atoms with Gasteiger partial charge in [-0.2, -0.15) is 0 Å². The monoisotopic (exact) mass is 336 g/mol. The highest BCUT2D eigenvalue weighted by Crippen LogP contribution is 2.38. The zero-order chi connectivity index (χ0) is 14.4. The average molecular weight is 337 g/mol. The maximum atomic E-state index is 10.5. The Bertz CT molecular complexity index is 584. The number of hydrogen-bond donors (Lipinski definition) is 0. The minimum absolute atomic E-state index is 0.369. The van der Waals surface area contributed by atoms with Gasteiger partial charge in [0.2, 0.25) is 0 Å². The highest BCUT2D eigenvalue weighted by Gasteiger charge is 2.11. The summed E-state index contributed by atoms with van der Waals surface area (Å²) in [5.41, 5.74) is 1.04. The van der Waals surface area contributed by atoms with E-state index in [2.05, 4.69) is 15.9 Å². The minimum atomic E-state index is 0.369. The van der Waals surface area contributed by atoms with Gasteiger partial charge in [0.15, 0.2) is 11.5 Å². The highest BCUT2D eigenvalue weighted by atomic mass is 79.9. The third-order valence-electron chi connectivity index (χ3n) is 2.63. The first-order chi connectivity index (χ1) is 9.74. The van der Waals surface area contributed by atoms with E-state index in [4.69, 9.17) is 14.2 Å². The van der Waals surface area contributed by atoms with Gasteiger partial charge in [-0.15, -0.1) is 0 Å². The van der Waals surface area contributed by atoms with Crippen LogP contribution in [0.1, 0.15) is 5.56 Å². The van der Waals surface area contributed by atoms with Crippen molar-refractivity contribution in [2.45, 2.75) is 6.61 Å². The maximum Gasteiger partial charge on any atom is 0.298 e. The predicted octanol–water partition coefficient (Wildman–Crippen LogP) is 3.57. The number of hydrogen-bond acceptors (Lipinski definition) is 4. The summed E-state index contributed by atoms with van der Waals surface area (Å²) in [4.78, 5) is 10.5. The quantitative estimate of drug-likeness (QED) is 0.756. The molecular formula is C15H13BrO4. The van der Waals surface area contributed by atoms with E-state index in [0.717, 1.165) is 5.56 Å². The van der Waals surface area contributed by atoms with Gasteiger partial charge >= 0.3 is 0 Å². The lowest BCUT2D eigenvalue weighted by atomic mass is 10.2. The van der Waals surface area contributed by atoms with Gasteiger partial charge in [-0.25, -0.2) is 0 Å². The summed E-state index contributed by atoms with van der Waals surface area (Å²) in [6.45, 7) is 0.771. The Balaban J connectivity index is 2.20. The molecule has 0 atom stereocenters. The summed E-state index contributed by atoms with van der Waals surface area (Å²) in [6.07, 6.45) is 0. The molecule has 2 aromatic carbocycles. The number of ether oxygens (including phenoxy) is 3. The lowest BCUT2D eigenvalue weighted by molar-refractivity contribution is -0.120. The molecular weight excluding hydrogens is 324 g/mol. The van der Waals surface area contributed by atoms with E-state index < -0.39 is 0 Å². The zero-order valence-corrected chi connectivity index (χ0v) is 12.4. The zero-order valence-electron chi connectivity index (χ0n) is 10.8. The molecule has 0 bridgehead atoms. The van der Waals surface area contributed by atoms with Gasteiger partial charge in [-0.3, -0.25) is 4.79 Å². The van der Waals surface area contributed by atoms with Crippen molar-refractivity contribution in [3.05, 3.63) is 52.5 Å². The smallest absolute Gasteiger partial charge is 0.298 e. The molecule has 0 N–H and O–H groups in total. The van der Waals surface area contributed by atoms with E-state index in [1.54, 1.807) is 19.2 Å². The second-order valence-corrected chi connectivity index (χ2v) is 4.78. The fourth-order valence-corrected chi connectivity index (χ4v) is 2.08. The third kappa shape index (κ3) is 3.51. The third-order valence-corrected chi connectivity index (χ3v) is 3.25. The van der Waals surface area contributed by atoms with Gasteiger partial charge in [0.05, 0.1) is 11.6 Å². The van der Waals surface area contributed by atoms with Crippen LogP contribution in [-0.2, 0) is 11.4 Å². The van der Waals surface area contributed by atoms with E-state index >= 15 is 0 Å². The molecule has 0 saturated carbocycles. The molecule has 2 rings (SSSR count). The second kappa shape index (κ2) is 6.96. The number of halogens is 1. The molecule has 0 saturated heterocycles. The van der Waals surface area contributed by atoms with Gasteiger partial charge in [0, 0.05) is 12.1 Å². The number of carbonyl (C=O) groups is 1. The fraction of sp³-hybridized carbons (Fsp3) is 0.133. The summed E-state index contributed by atoms with van der Waals surface area (Å²) in [7, 11) is 1.55. The lowest BCUT2D eigenvalue weighted by Crippen LogP contribution is -1.99. The van der Waals surface area contributed by atoms with Crippen molar-refractivity contribution in [1.29, 1.82) is 0 Å². The van der Waals surface area contributed by atoms with E-state index in [0.29, 0.717) is 34.8 Å². The lowest BCUT2D eigenvalue weighted by Gasteiger charge is -2.13. The Hall–Kier alpha value is -2.01. The molecule has 0 heterocycles. The van der Waals surface area contributed by atoms with Crippen LogP contribution < -0.4 is 14.2 Å². The van der Waals surface area contributed by atoms with Crippen molar-refractivity contribution in [2.75, 3.05) is 7.11 Å². The van der Waals surface area contributed by atoms with Crippen LogP contribution in [0.3, 0.4) is 0 Å². The summed E-state index contributed by atoms with van der Waals surface area (Å²) in [5.74, 6) is 1.45. The number of carbonyl (C=O) groups excluding carboxylic acids is 1. The molecule has 0 radical (unpaired) electrons. The Morgan fingerprint density at radius 2 is 1.85 bits per heavy atom. The van der Waals surface area contributed by atoms with Crippen LogP contribution in [0.25, 0.3) is 0 Å². The normalized spacial score (nSPS) is 9.90. The Morgan fingerprint density at radius 3 is 2.50 bits per heavy atom. The van der Waals surface area contributed by atoms with E-state index in [-0.39, 0.29) is 0 Å². The summed E-state index contributed by atoms with van der Waals surface area (Å²) >= 11 is 3.30. The van der Waals surface area contributed by atoms with Crippen molar-refractivity contribution in [3.63, 3.8) is 0 Å². The van der Waals surface area contributed by atoms with E-state index in [1.807, 2.05) is 30.3 Å². The van der Waals surface area contributed by atoms with Gasteiger partial charge in [-0.05, 0) is 21.5 Å². The SMILES string of the molecule is COc1cc(Br)c(OC=O)cc1OCc1ccccc1. The van der Waals surface area contributed by atoms with Gasteiger partial charge < -0.3 is 14.2 Å². The van der Waals surface area contributed by atoms with Crippen molar-refractivity contribution in [1.82, 2.24) is 0 Å². The molecule has 4 nitrogen and oxygen atoms in total. The molecule has 2 aromatic rings. The second-order valence-electron chi connectivity index (χ2n) is 3.92. The van der Waals surface area contributed by atoms with Crippen LogP contribution >= 0.6 is 15.9 Å². The molecule has 104 valence electrons. The molecule has 0 fully saturated rings. The van der Waals surface area contributed by atoms with Crippen LogP contribution in [0, 0.1) is 0 Å². The van der Waals surface area contributed by atoms with Gasteiger partial charge in [0.1, 0.15) is 12.4 Å².